The largest absolute Gasteiger partial charge is 0.295 e. The summed E-state index contributed by atoms with van der Waals surface area (Å²) in [4.78, 5) is 2.32. The molecule has 0 unspecified atom stereocenters. The lowest BCUT2D eigenvalue weighted by atomic mass is 9.94. The van der Waals surface area contributed by atoms with E-state index >= 15 is 0 Å². The van der Waals surface area contributed by atoms with Gasteiger partial charge < -0.3 is 0 Å². The van der Waals surface area contributed by atoms with Crippen LogP contribution in [0.15, 0.2) is 18.2 Å². The van der Waals surface area contributed by atoms with Crippen LogP contribution in [0.25, 0.3) is 0 Å². The van der Waals surface area contributed by atoms with E-state index in [0.29, 0.717) is 18.2 Å². The molecule has 0 radical (unpaired) electrons. The lowest BCUT2D eigenvalue weighted by molar-refractivity contribution is 0.156. The van der Waals surface area contributed by atoms with E-state index in [9.17, 15) is 8.78 Å². The molecule has 1 saturated carbocycles. The number of halogens is 3. The molecule has 1 fully saturated rings. The summed E-state index contributed by atoms with van der Waals surface area (Å²) in [6, 6.07) is 4.42. The van der Waals surface area contributed by atoms with Crippen molar-refractivity contribution in [2.45, 2.75) is 44.7 Å². The Bertz CT molecular complexity index is 405. The van der Waals surface area contributed by atoms with Gasteiger partial charge in [0.2, 0.25) is 0 Å². The predicted octanol–water partition coefficient (Wildman–Crippen LogP) is 4.49. The highest BCUT2D eigenvalue weighted by atomic mass is 79.9. The molecule has 1 aromatic rings. The summed E-state index contributed by atoms with van der Waals surface area (Å²) in [7, 11) is 0. The zero-order valence-corrected chi connectivity index (χ0v) is 12.6. The van der Waals surface area contributed by atoms with Crippen molar-refractivity contribution >= 4 is 15.9 Å². The molecule has 4 heteroatoms. The molecule has 0 aromatic heterocycles. The van der Waals surface area contributed by atoms with E-state index in [-0.39, 0.29) is 0 Å². The first-order chi connectivity index (χ1) is 9.20. The molecule has 1 nitrogen and oxygen atoms in total. The molecular formula is C15H20BrF2N. The average Bonchev–Trinajstić information content (AvgIpc) is 2.42. The monoisotopic (exact) mass is 331 g/mol. The number of benzene rings is 1. The molecule has 106 valence electrons. The smallest absolute Gasteiger partial charge is 0.130 e. The van der Waals surface area contributed by atoms with Crippen molar-refractivity contribution in [3.05, 3.63) is 35.4 Å². The normalized spacial score (nSPS) is 17.1. The van der Waals surface area contributed by atoms with E-state index in [1.807, 2.05) is 0 Å². The minimum atomic E-state index is -0.508. The van der Waals surface area contributed by atoms with Gasteiger partial charge in [-0.25, -0.2) is 8.78 Å². The van der Waals surface area contributed by atoms with Gasteiger partial charge in [-0.3, -0.25) is 4.90 Å². The van der Waals surface area contributed by atoms with Gasteiger partial charge in [0.05, 0.1) is 0 Å². The Hall–Kier alpha value is -0.480. The number of alkyl halides is 1. The summed E-state index contributed by atoms with van der Waals surface area (Å²) in [6.45, 7) is 1.48. The second-order valence-corrected chi connectivity index (χ2v) is 5.98. The molecule has 19 heavy (non-hydrogen) atoms. The third-order valence-electron chi connectivity index (χ3n) is 3.85. The highest BCUT2D eigenvalue weighted by molar-refractivity contribution is 9.09. The molecule has 1 aliphatic rings. The molecular weight excluding hydrogens is 312 g/mol. The molecule has 1 aromatic carbocycles. The zero-order chi connectivity index (χ0) is 13.7. The summed E-state index contributed by atoms with van der Waals surface area (Å²) in [5.41, 5.74) is 0.591. The molecule has 0 atom stereocenters. The molecule has 2 rings (SSSR count). The van der Waals surface area contributed by atoms with Crippen molar-refractivity contribution in [2.24, 2.45) is 0 Å². The third kappa shape index (κ3) is 4.25. The van der Waals surface area contributed by atoms with Gasteiger partial charge in [-0.05, 0) is 18.9 Å². The predicted molar refractivity (Wildman–Crippen MR) is 77.4 cm³/mol. The molecule has 1 aliphatic carbocycles. The van der Waals surface area contributed by atoms with Gasteiger partial charge >= 0.3 is 0 Å². The van der Waals surface area contributed by atoms with Crippen LogP contribution in [0.2, 0.25) is 0 Å². The van der Waals surface area contributed by atoms with E-state index in [2.05, 4.69) is 20.8 Å². The molecule has 0 spiro atoms. The second kappa shape index (κ2) is 7.34. The van der Waals surface area contributed by atoms with E-state index < -0.39 is 11.6 Å². The van der Waals surface area contributed by atoms with Crippen molar-refractivity contribution in [1.82, 2.24) is 4.90 Å². The van der Waals surface area contributed by atoms with Crippen LogP contribution in [-0.4, -0.2) is 22.8 Å². The van der Waals surface area contributed by atoms with Crippen LogP contribution in [0, 0.1) is 11.6 Å². The number of hydrogen-bond acceptors (Lipinski definition) is 1. The van der Waals surface area contributed by atoms with Crippen LogP contribution < -0.4 is 0 Å². The summed E-state index contributed by atoms with van der Waals surface area (Å²) in [6.07, 6.45) is 6.21. The second-order valence-electron chi connectivity index (χ2n) is 5.19. The standard InChI is InChI=1S/C15H20BrF2N/c16-8-9-19(14-4-2-1-3-5-14)11-12-6-7-13(17)10-15(12)18/h6-7,10,14H,1-5,8-9,11H2. The van der Waals surface area contributed by atoms with Gasteiger partial charge in [0, 0.05) is 36.1 Å². The summed E-state index contributed by atoms with van der Waals surface area (Å²) in [5.74, 6) is -0.943. The minimum Gasteiger partial charge on any atom is -0.295 e. The Kier molecular flexibility index (Phi) is 5.76. The first-order valence-electron chi connectivity index (χ1n) is 6.94. The van der Waals surface area contributed by atoms with Crippen LogP contribution >= 0.6 is 15.9 Å². The Balaban J connectivity index is 2.06. The molecule has 0 N–H and O–H groups in total. The Morgan fingerprint density at radius 2 is 1.89 bits per heavy atom. The van der Waals surface area contributed by atoms with Gasteiger partial charge in [-0.15, -0.1) is 0 Å². The van der Waals surface area contributed by atoms with Gasteiger partial charge in [-0.2, -0.15) is 0 Å². The Morgan fingerprint density at radius 1 is 1.16 bits per heavy atom. The van der Waals surface area contributed by atoms with Crippen LogP contribution in [-0.2, 0) is 6.54 Å². The van der Waals surface area contributed by atoms with E-state index in [1.165, 1.54) is 38.2 Å². The minimum absolute atomic E-state index is 0.435. The molecule has 0 saturated heterocycles. The van der Waals surface area contributed by atoms with Crippen molar-refractivity contribution in [2.75, 3.05) is 11.9 Å². The van der Waals surface area contributed by atoms with Gasteiger partial charge in [-0.1, -0.05) is 41.3 Å². The first kappa shape index (κ1) is 14.9. The Morgan fingerprint density at radius 3 is 2.53 bits per heavy atom. The maximum atomic E-state index is 13.7. The maximum absolute atomic E-state index is 13.7. The quantitative estimate of drug-likeness (QED) is 0.718. The van der Waals surface area contributed by atoms with Crippen molar-refractivity contribution in [3.63, 3.8) is 0 Å². The van der Waals surface area contributed by atoms with Crippen LogP contribution in [0.4, 0.5) is 8.78 Å². The first-order valence-corrected chi connectivity index (χ1v) is 8.07. The van der Waals surface area contributed by atoms with E-state index in [4.69, 9.17) is 0 Å². The van der Waals surface area contributed by atoms with Crippen LogP contribution in [0.1, 0.15) is 37.7 Å². The van der Waals surface area contributed by atoms with E-state index in [1.54, 1.807) is 6.07 Å². The third-order valence-corrected chi connectivity index (χ3v) is 4.21. The summed E-state index contributed by atoms with van der Waals surface area (Å²) >= 11 is 3.46. The van der Waals surface area contributed by atoms with Crippen LogP contribution in [0.3, 0.4) is 0 Å². The maximum Gasteiger partial charge on any atom is 0.130 e. The van der Waals surface area contributed by atoms with Crippen molar-refractivity contribution in [3.8, 4) is 0 Å². The highest BCUT2D eigenvalue weighted by Gasteiger charge is 2.21. The van der Waals surface area contributed by atoms with Crippen molar-refractivity contribution < 1.29 is 8.78 Å². The number of rotatable bonds is 5. The number of hydrogen-bond donors (Lipinski definition) is 0. The molecule has 0 heterocycles. The molecule has 0 aliphatic heterocycles. The SMILES string of the molecule is Fc1ccc(CN(CCBr)C2CCCCC2)c(F)c1. The summed E-state index contributed by atoms with van der Waals surface area (Å²) < 4.78 is 26.7. The van der Waals surface area contributed by atoms with E-state index in [0.717, 1.165) is 17.9 Å². The molecule has 0 bridgehead atoms. The van der Waals surface area contributed by atoms with Gasteiger partial charge in [0.1, 0.15) is 11.6 Å². The fourth-order valence-corrected chi connectivity index (χ4v) is 3.27. The lowest BCUT2D eigenvalue weighted by Crippen LogP contribution is -2.37. The van der Waals surface area contributed by atoms with Gasteiger partial charge in [0.25, 0.3) is 0 Å². The highest BCUT2D eigenvalue weighted by Crippen LogP contribution is 2.24. The topological polar surface area (TPSA) is 3.24 Å². The van der Waals surface area contributed by atoms with Crippen molar-refractivity contribution in [1.29, 1.82) is 0 Å². The molecule has 0 amide bonds. The fraction of sp³-hybridized carbons (Fsp3) is 0.600. The summed E-state index contributed by atoms with van der Waals surface area (Å²) in [5, 5.41) is 0.881. The lowest BCUT2D eigenvalue weighted by Gasteiger charge is -2.34. The average molecular weight is 332 g/mol. The van der Waals surface area contributed by atoms with Crippen LogP contribution in [0.5, 0.6) is 0 Å². The number of nitrogens with zero attached hydrogens (tertiary/aromatic N) is 1. The fourth-order valence-electron chi connectivity index (χ4n) is 2.81. The Labute approximate surface area is 122 Å². The zero-order valence-electron chi connectivity index (χ0n) is 11.0. The van der Waals surface area contributed by atoms with Gasteiger partial charge in [0.15, 0.2) is 0 Å².